The van der Waals surface area contributed by atoms with Crippen molar-refractivity contribution >= 4 is 28.3 Å². The molecule has 0 unspecified atom stereocenters. The van der Waals surface area contributed by atoms with E-state index >= 15 is 0 Å². The van der Waals surface area contributed by atoms with E-state index in [1.54, 1.807) is 4.57 Å². The van der Waals surface area contributed by atoms with Crippen molar-refractivity contribution in [3.05, 3.63) is 106 Å². The van der Waals surface area contributed by atoms with Gasteiger partial charge in [0.15, 0.2) is 0 Å². The second kappa shape index (κ2) is 8.35. The molecule has 1 N–H and O–H groups in total. The number of aromatic nitrogens is 4. The third-order valence-electron chi connectivity index (χ3n) is 5.70. The van der Waals surface area contributed by atoms with Crippen LogP contribution in [-0.2, 0) is 13.0 Å². The minimum Gasteiger partial charge on any atom is -0.319 e. The quantitative estimate of drug-likeness (QED) is 0.446. The summed E-state index contributed by atoms with van der Waals surface area (Å²) in [7, 11) is 0. The molecule has 0 aliphatic heterocycles. The van der Waals surface area contributed by atoms with E-state index in [1.165, 1.54) is 10.1 Å². The third kappa shape index (κ3) is 3.89. The molecule has 1 amide bonds. The highest BCUT2D eigenvalue weighted by Gasteiger charge is 2.19. The maximum Gasteiger partial charge on any atom is 0.296 e. The van der Waals surface area contributed by atoms with Gasteiger partial charge in [0.05, 0.1) is 17.6 Å². The molecule has 0 aliphatic carbocycles. The number of hydrogen-bond acceptors (Lipinski definition) is 4. The van der Waals surface area contributed by atoms with Gasteiger partial charge in [0.2, 0.25) is 11.5 Å². The standard InChI is InChI=1S/C26H23N5O2/c1-3-18-10-12-20(13-11-18)27-25(32)23-28-24-26(33)30(16-19-7-5-4-6-8-19)22-15-17(2)9-14-21(22)31(24)29-23/h4-15H,3,16H2,1-2H3,(H,27,32). The maximum atomic E-state index is 13.4. The first-order chi connectivity index (χ1) is 16.0. The predicted molar refractivity (Wildman–Crippen MR) is 129 cm³/mol. The Morgan fingerprint density at radius 2 is 1.70 bits per heavy atom. The van der Waals surface area contributed by atoms with Gasteiger partial charge in [-0.15, -0.1) is 5.10 Å². The zero-order valence-electron chi connectivity index (χ0n) is 18.4. The molecule has 0 bridgehead atoms. The summed E-state index contributed by atoms with van der Waals surface area (Å²) in [5, 5.41) is 7.20. The van der Waals surface area contributed by atoms with Crippen molar-refractivity contribution in [1.82, 2.24) is 19.2 Å². The smallest absolute Gasteiger partial charge is 0.296 e. The Morgan fingerprint density at radius 3 is 2.42 bits per heavy atom. The molecular weight excluding hydrogens is 414 g/mol. The average Bonchev–Trinajstić information content (AvgIpc) is 3.29. The van der Waals surface area contributed by atoms with Crippen LogP contribution in [-0.4, -0.2) is 25.1 Å². The van der Waals surface area contributed by atoms with Crippen molar-refractivity contribution < 1.29 is 4.79 Å². The highest BCUT2D eigenvalue weighted by Crippen LogP contribution is 2.18. The second-order valence-electron chi connectivity index (χ2n) is 8.04. The number of carbonyl (C=O) groups excluding carboxylic acids is 1. The van der Waals surface area contributed by atoms with E-state index in [0.717, 1.165) is 23.1 Å². The van der Waals surface area contributed by atoms with E-state index < -0.39 is 5.91 Å². The van der Waals surface area contributed by atoms with Crippen LogP contribution in [0.3, 0.4) is 0 Å². The summed E-state index contributed by atoms with van der Waals surface area (Å²) in [6.07, 6.45) is 0.921. The Bertz CT molecular complexity index is 1530. The van der Waals surface area contributed by atoms with Crippen LogP contribution in [0.2, 0.25) is 0 Å². The van der Waals surface area contributed by atoms with Gasteiger partial charge in [0, 0.05) is 5.69 Å². The van der Waals surface area contributed by atoms with Crippen molar-refractivity contribution in [3.8, 4) is 0 Å². The largest absolute Gasteiger partial charge is 0.319 e. The first-order valence-corrected chi connectivity index (χ1v) is 10.9. The number of benzene rings is 3. The molecule has 7 heteroatoms. The molecule has 0 saturated carbocycles. The fourth-order valence-corrected chi connectivity index (χ4v) is 3.91. The van der Waals surface area contributed by atoms with Crippen LogP contribution in [0.4, 0.5) is 5.69 Å². The van der Waals surface area contributed by atoms with E-state index in [4.69, 9.17) is 0 Å². The molecule has 33 heavy (non-hydrogen) atoms. The number of aryl methyl sites for hydroxylation is 2. The molecule has 164 valence electrons. The van der Waals surface area contributed by atoms with Gasteiger partial charge in [-0.25, -0.2) is 4.52 Å². The first kappa shape index (κ1) is 20.6. The summed E-state index contributed by atoms with van der Waals surface area (Å²) in [5.74, 6) is -0.511. The van der Waals surface area contributed by atoms with Gasteiger partial charge >= 0.3 is 0 Å². The average molecular weight is 438 g/mol. The first-order valence-electron chi connectivity index (χ1n) is 10.9. The van der Waals surface area contributed by atoms with Crippen LogP contribution in [0.1, 0.15) is 34.2 Å². The van der Waals surface area contributed by atoms with Gasteiger partial charge in [0.25, 0.3) is 11.5 Å². The van der Waals surface area contributed by atoms with Crippen molar-refractivity contribution in [2.45, 2.75) is 26.8 Å². The number of carbonyl (C=O) groups is 1. The lowest BCUT2D eigenvalue weighted by atomic mass is 10.1. The van der Waals surface area contributed by atoms with E-state index in [0.29, 0.717) is 17.7 Å². The van der Waals surface area contributed by atoms with Crippen LogP contribution in [0, 0.1) is 6.92 Å². The topological polar surface area (TPSA) is 81.3 Å². The van der Waals surface area contributed by atoms with Crippen LogP contribution < -0.4 is 10.9 Å². The number of fused-ring (bicyclic) bond motifs is 3. The minimum atomic E-state index is -0.461. The Kier molecular flexibility index (Phi) is 5.22. The van der Waals surface area contributed by atoms with Crippen molar-refractivity contribution in [1.29, 1.82) is 0 Å². The lowest BCUT2D eigenvalue weighted by Gasteiger charge is -2.12. The summed E-state index contributed by atoms with van der Waals surface area (Å²) in [4.78, 5) is 30.6. The Balaban J connectivity index is 1.61. The normalized spacial score (nSPS) is 11.2. The number of amides is 1. The maximum absolute atomic E-state index is 13.4. The molecule has 5 aromatic rings. The monoisotopic (exact) mass is 437 g/mol. The van der Waals surface area contributed by atoms with Crippen LogP contribution in [0.5, 0.6) is 0 Å². The van der Waals surface area contributed by atoms with Crippen molar-refractivity contribution in [2.75, 3.05) is 5.32 Å². The van der Waals surface area contributed by atoms with Gasteiger partial charge in [-0.2, -0.15) is 4.98 Å². The van der Waals surface area contributed by atoms with Gasteiger partial charge in [-0.1, -0.05) is 55.5 Å². The lowest BCUT2D eigenvalue weighted by molar-refractivity contribution is 0.101. The van der Waals surface area contributed by atoms with Crippen LogP contribution >= 0.6 is 0 Å². The van der Waals surface area contributed by atoms with Crippen molar-refractivity contribution in [3.63, 3.8) is 0 Å². The molecule has 0 aliphatic rings. The van der Waals surface area contributed by atoms with Crippen molar-refractivity contribution in [2.24, 2.45) is 0 Å². The molecule has 0 atom stereocenters. The minimum absolute atomic E-state index is 0.0500. The molecule has 0 fully saturated rings. The molecule has 5 rings (SSSR count). The summed E-state index contributed by atoms with van der Waals surface area (Å²) < 4.78 is 3.15. The molecule has 0 radical (unpaired) electrons. The Morgan fingerprint density at radius 1 is 0.939 bits per heavy atom. The van der Waals surface area contributed by atoms with Crippen LogP contribution in [0.15, 0.2) is 77.6 Å². The molecule has 7 nitrogen and oxygen atoms in total. The molecular formula is C26H23N5O2. The van der Waals surface area contributed by atoms with E-state index in [2.05, 4.69) is 22.3 Å². The molecule has 0 spiro atoms. The number of nitrogens with one attached hydrogen (secondary N) is 1. The Hall–Kier alpha value is -4.26. The van der Waals surface area contributed by atoms with Crippen LogP contribution in [0.25, 0.3) is 16.7 Å². The Labute approximate surface area is 190 Å². The van der Waals surface area contributed by atoms with Gasteiger partial charge in [-0.05, 0) is 54.3 Å². The predicted octanol–water partition coefficient (Wildman–Crippen LogP) is 4.22. The summed E-state index contributed by atoms with van der Waals surface area (Å²) in [6, 6.07) is 23.2. The molecule has 3 aromatic carbocycles. The van der Waals surface area contributed by atoms with Gasteiger partial charge < -0.3 is 5.32 Å². The number of hydrogen-bond donors (Lipinski definition) is 1. The number of anilines is 1. The summed E-state index contributed by atoms with van der Waals surface area (Å²) >= 11 is 0. The van der Waals surface area contributed by atoms with E-state index in [9.17, 15) is 9.59 Å². The zero-order valence-corrected chi connectivity index (χ0v) is 18.4. The highest BCUT2D eigenvalue weighted by molar-refractivity contribution is 6.02. The van der Waals surface area contributed by atoms with Gasteiger partial charge in [-0.3, -0.25) is 14.2 Å². The SMILES string of the molecule is CCc1ccc(NC(=O)c2nc3c(=O)n(Cc4ccccc4)c4cc(C)ccc4n3n2)cc1. The fraction of sp³-hybridized carbons (Fsp3) is 0.154. The summed E-state index contributed by atoms with van der Waals surface area (Å²) in [5.41, 5.74) is 5.13. The molecule has 2 aromatic heterocycles. The second-order valence-corrected chi connectivity index (χ2v) is 8.04. The third-order valence-corrected chi connectivity index (χ3v) is 5.70. The lowest BCUT2D eigenvalue weighted by Crippen LogP contribution is -2.24. The summed E-state index contributed by atoms with van der Waals surface area (Å²) in [6.45, 7) is 4.45. The zero-order chi connectivity index (χ0) is 22.9. The fourth-order valence-electron chi connectivity index (χ4n) is 3.91. The highest BCUT2D eigenvalue weighted by atomic mass is 16.2. The molecule has 2 heterocycles. The van der Waals surface area contributed by atoms with Gasteiger partial charge in [0.1, 0.15) is 0 Å². The van der Waals surface area contributed by atoms with E-state index in [1.807, 2.05) is 79.7 Å². The molecule has 0 saturated heterocycles. The number of rotatable bonds is 5. The van der Waals surface area contributed by atoms with E-state index in [-0.39, 0.29) is 17.0 Å². The number of nitrogens with zero attached hydrogens (tertiary/aromatic N) is 4.